The maximum atomic E-state index is 12.3. The average molecular weight is 322 g/mol. The van der Waals surface area contributed by atoms with Crippen molar-refractivity contribution >= 4 is 17.6 Å². The fraction of sp³-hybridized carbons (Fsp3) is 0.500. The summed E-state index contributed by atoms with van der Waals surface area (Å²) < 4.78 is 5.29. The molecule has 0 radical (unpaired) electrons. The molecule has 0 unspecified atom stereocenters. The van der Waals surface area contributed by atoms with E-state index < -0.39 is 16.6 Å². The van der Waals surface area contributed by atoms with Crippen molar-refractivity contribution < 1.29 is 19.2 Å². The molecule has 0 aliphatic carbocycles. The highest BCUT2D eigenvalue weighted by Crippen LogP contribution is 2.16. The first kappa shape index (κ1) is 18.6. The molecule has 0 heterocycles. The second kappa shape index (κ2) is 7.21. The Hall–Kier alpha value is -2.44. The number of ether oxygens (including phenoxy) is 1. The van der Waals surface area contributed by atoms with Crippen LogP contribution in [0.3, 0.4) is 0 Å². The van der Waals surface area contributed by atoms with Crippen molar-refractivity contribution in [1.82, 2.24) is 4.90 Å². The molecule has 0 aliphatic rings. The molecule has 0 saturated heterocycles. The van der Waals surface area contributed by atoms with Crippen LogP contribution >= 0.6 is 0 Å². The van der Waals surface area contributed by atoms with Gasteiger partial charge in [0.2, 0.25) is 0 Å². The Kier molecular flexibility index (Phi) is 5.84. The number of carbonyl (C=O) groups is 2. The minimum Gasteiger partial charge on any atom is -0.444 e. The summed E-state index contributed by atoms with van der Waals surface area (Å²) in [7, 11) is 0. The number of nitro benzene ring substituents is 1. The highest BCUT2D eigenvalue weighted by molar-refractivity contribution is 5.99. The van der Waals surface area contributed by atoms with Crippen molar-refractivity contribution in [3.05, 3.63) is 39.9 Å². The third-order valence-electron chi connectivity index (χ3n) is 2.94. The van der Waals surface area contributed by atoms with E-state index in [1.54, 1.807) is 34.6 Å². The predicted molar refractivity (Wildman–Crippen MR) is 85.5 cm³/mol. The normalized spacial score (nSPS) is 11.2. The second-order valence-corrected chi connectivity index (χ2v) is 6.43. The van der Waals surface area contributed by atoms with Crippen LogP contribution in [0, 0.1) is 10.1 Å². The van der Waals surface area contributed by atoms with Crippen molar-refractivity contribution in [2.24, 2.45) is 0 Å². The van der Waals surface area contributed by atoms with Gasteiger partial charge < -0.3 is 4.74 Å². The zero-order valence-electron chi connectivity index (χ0n) is 14.0. The van der Waals surface area contributed by atoms with Crippen LogP contribution in [0.2, 0.25) is 0 Å². The Morgan fingerprint density at radius 3 is 2.39 bits per heavy atom. The Balaban J connectivity index is 2.92. The van der Waals surface area contributed by atoms with E-state index in [2.05, 4.69) is 0 Å². The molecule has 0 atom stereocenters. The van der Waals surface area contributed by atoms with Crippen molar-refractivity contribution in [2.45, 2.75) is 46.3 Å². The molecule has 0 aliphatic heterocycles. The van der Waals surface area contributed by atoms with Gasteiger partial charge in [-0.25, -0.2) is 4.79 Å². The monoisotopic (exact) mass is 322 g/mol. The summed E-state index contributed by atoms with van der Waals surface area (Å²) in [6, 6.07) is 5.20. The summed E-state index contributed by atoms with van der Waals surface area (Å²) in [6.45, 7) is 8.56. The topological polar surface area (TPSA) is 89.8 Å². The molecule has 1 amide bonds. The zero-order chi connectivity index (χ0) is 17.8. The molecule has 0 aromatic heterocycles. The van der Waals surface area contributed by atoms with Gasteiger partial charge in [0, 0.05) is 23.7 Å². The molecule has 126 valence electrons. The Morgan fingerprint density at radius 1 is 1.30 bits per heavy atom. The quantitative estimate of drug-likeness (QED) is 0.470. The standard InChI is InChI=1S/C16H22N2O5/c1-11(2)17(15(20)23-16(3,4)5)10-14(19)12-7-6-8-13(9-12)18(21)22/h6-9,11H,10H2,1-5H3. The van der Waals surface area contributed by atoms with Gasteiger partial charge in [0.1, 0.15) is 5.60 Å². The molecule has 1 aromatic carbocycles. The summed E-state index contributed by atoms with van der Waals surface area (Å²) in [6.07, 6.45) is -0.591. The number of amides is 1. The third kappa shape index (κ3) is 5.69. The van der Waals surface area contributed by atoms with Crippen LogP contribution < -0.4 is 0 Å². The Bertz CT molecular complexity index is 605. The number of rotatable bonds is 5. The second-order valence-electron chi connectivity index (χ2n) is 6.43. The van der Waals surface area contributed by atoms with Crippen LogP contribution in [-0.2, 0) is 4.74 Å². The summed E-state index contributed by atoms with van der Waals surface area (Å²) in [5, 5.41) is 10.8. The van der Waals surface area contributed by atoms with Gasteiger partial charge in [0.05, 0.1) is 11.5 Å². The number of carbonyl (C=O) groups excluding carboxylic acids is 2. The van der Waals surface area contributed by atoms with Gasteiger partial charge in [-0.1, -0.05) is 12.1 Å². The van der Waals surface area contributed by atoms with E-state index in [0.29, 0.717) is 0 Å². The molecule has 0 bridgehead atoms. The van der Waals surface area contributed by atoms with E-state index in [1.165, 1.54) is 29.2 Å². The first-order chi connectivity index (χ1) is 10.5. The molecule has 0 saturated carbocycles. The summed E-state index contributed by atoms with van der Waals surface area (Å²) in [4.78, 5) is 36.0. The molecule has 0 N–H and O–H groups in total. The first-order valence-corrected chi connectivity index (χ1v) is 7.28. The fourth-order valence-corrected chi connectivity index (χ4v) is 1.82. The molecule has 0 fully saturated rings. The van der Waals surface area contributed by atoms with Crippen molar-refractivity contribution in [1.29, 1.82) is 0 Å². The van der Waals surface area contributed by atoms with Crippen LogP contribution in [0.1, 0.15) is 45.0 Å². The number of hydrogen-bond donors (Lipinski definition) is 0. The van der Waals surface area contributed by atoms with Crippen LogP contribution in [0.15, 0.2) is 24.3 Å². The lowest BCUT2D eigenvalue weighted by atomic mass is 10.1. The van der Waals surface area contributed by atoms with Gasteiger partial charge in [0.15, 0.2) is 5.78 Å². The molecule has 7 nitrogen and oxygen atoms in total. The lowest BCUT2D eigenvalue weighted by Crippen LogP contribution is -2.43. The lowest BCUT2D eigenvalue weighted by Gasteiger charge is -2.29. The first-order valence-electron chi connectivity index (χ1n) is 7.28. The average Bonchev–Trinajstić information content (AvgIpc) is 2.42. The summed E-state index contributed by atoms with van der Waals surface area (Å²) in [5.41, 5.74) is -0.642. The maximum Gasteiger partial charge on any atom is 0.410 e. The minimum absolute atomic E-state index is 0.163. The van der Waals surface area contributed by atoms with Crippen LogP contribution in [0.25, 0.3) is 0 Å². The third-order valence-corrected chi connectivity index (χ3v) is 2.94. The summed E-state index contributed by atoms with van der Waals surface area (Å²) >= 11 is 0. The van der Waals surface area contributed by atoms with Crippen molar-refractivity contribution in [3.8, 4) is 0 Å². The Labute approximate surface area is 135 Å². The number of hydrogen-bond acceptors (Lipinski definition) is 5. The number of non-ortho nitro benzene ring substituents is 1. The Morgan fingerprint density at radius 2 is 1.91 bits per heavy atom. The van der Waals surface area contributed by atoms with Gasteiger partial charge in [-0.05, 0) is 34.6 Å². The summed E-state index contributed by atoms with van der Waals surface area (Å²) in [5.74, 6) is -0.381. The van der Waals surface area contributed by atoms with E-state index >= 15 is 0 Å². The zero-order valence-corrected chi connectivity index (χ0v) is 14.0. The fourth-order valence-electron chi connectivity index (χ4n) is 1.82. The highest BCUT2D eigenvalue weighted by Gasteiger charge is 2.26. The van der Waals surface area contributed by atoms with Crippen LogP contribution in [0.5, 0.6) is 0 Å². The van der Waals surface area contributed by atoms with Crippen molar-refractivity contribution in [3.63, 3.8) is 0 Å². The van der Waals surface area contributed by atoms with Crippen LogP contribution in [0.4, 0.5) is 10.5 Å². The lowest BCUT2D eigenvalue weighted by molar-refractivity contribution is -0.384. The van der Waals surface area contributed by atoms with Gasteiger partial charge in [-0.3, -0.25) is 19.8 Å². The minimum atomic E-state index is -0.668. The van der Waals surface area contributed by atoms with Crippen LogP contribution in [-0.4, -0.2) is 39.9 Å². The number of ketones is 1. The van der Waals surface area contributed by atoms with E-state index in [1.807, 2.05) is 0 Å². The largest absolute Gasteiger partial charge is 0.444 e. The predicted octanol–water partition coefficient (Wildman–Crippen LogP) is 3.42. The molecule has 1 rings (SSSR count). The maximum absolute atomic E-state index is 12.3. The molecule has 7 heteroatoms. The highest BCUT2D eigenvalue weighted by atomic mass is 16.6. The van der Waals surface area contributed by atoms with E-state index in [4.69, 9.17) is 4.74 Å². The number of Topliss-reactive ketones (excluding diaryl/α,β-unsaturated/α-hetero) is 1. The van der Waals surface area contributed by atoms with E-state index in [0.717, 1.165) is 0 Å². The number of benzene rings is 1. The van der Waals surface area contributed by atoms with E-state index in [-0.39, 0.29) is 29.6 Å². The molecular formula is C16H22N2O5. The van der Waals surface area contributed by atoms with Gasteiger partial charge in [-0.15, -0.1) is 0 Å². The van der Waals surface area contributed by atoms with Crippen molar-refractivity contribution in [2.75, 3.05) is 6.54 Å². The van der Waals surface area contributed by atoms with Gasteiger partial charge in [-0.2, -0.15) is 0 Å². The molecule has 0 spiro atoms. The van der Waals surface area contributed by atoms with Gasteiger partial charge in [0.25, 0.3) is 5.69 Å². The van der Waals surface area contributed by atoms with Gasteiger partial charge >= 0.3 is 6.09 Å². The molecular weight excluding hydrogens is 300 g/mol. The number of nitrogens with zero attached hydrogens (tertiary/aromatic N) is 2. The number of nitro groups is 1. The molecule has 23 heavy (non-hydrogen) atoms. The molecule has 1 aromatic rings. The smallest absolute Gasteiger partial charge is 0.410 e. The van der Waals surface area contributed by atoms with E-state index in [9.17, 15) is 19.7 Å². The SMILES string of the molecule is CC(C)N(CC(=O)c1cccc([N+](=O)[O-])c1)C(=O)OC(C)(C)C.